The van der Waals surface area contributed by atoms with Gasteiger partial charge in [-0.3, -0.25) is 4.79 Å². The van der Waals surface area contributed by atoms with Gasteiger partial charge in [-0.25, -0.2) is 0 Å². The first-order valence-electron chi connectivity index (χ1n) is 4.85. The molecule has 0 spiro atoms. The van der Waals surface area contributed by atoms with Crippen LogP contribution in [0.2, 0.25) is 0 Å². The lowest BCUT2D eigenvalue weighted by molar-refractivity contribution is 0.225. The van der Waals surface area contributed by atoms with Gasteiger partial charge in [0.25, 0.3) is 13.8 Å². The number of benzene rings is 1. The molecule has 1 heterocycles. The van der Waals surface area contributed by atoms with Crippen molar-refractivity contribution in [2.75, 3.05) is 0 Å². The lowest BCUT2D eigenvalue weighted by Gasteiger charge is -2.01. The van der Waals surface area contributed by atoms with Gasteiger partial charge in [-0.2, -0.15) is 0 Å². The number of para-hydroxylation sites is 1. The number of carbonyl (C=O) groups excluding carboxylic acids is 1. The molecule has 0 aliphatic carbocycles. The minimum absolute atomic E-state index is 0.128. The third-order valence-corrected chi connectivity index (χ3v) is 1.95. The van der Waals surface area contributed by atoms with Crippen LogP contribution in [-0.4, -0.2) is 36.0 Å². The number of aromatic nitrogens is 3. The van der Waals surface area contributed by atoms with Crippen LogP contribution in [-0.2, 0) is 0 Å². The highest BCUT2D eigenvalue weighted by molar-refractivity contribution is 6.82. The van der Waals surface area contributed by atoms with Crippen LogP contribution in [0.15, 0.2) is 36.5 Å². The Morgan fingerprint density at radius 1 is 1.38 bits per heavy atom. The van der Waals surface area contributed by atoms with Gasteiger partial charge in [0.05, 0.1) is 5.59 Å². The van der Waals surface area contributed by atoms with Crippen molar-refractivity contribution in [3.63, 3.8) is 0 Å². The minimum Gasteiger partial charge on any atom is -0.434 e. The van der Waals surface area contributed by atoms with E-state index in [1.807, 2.05) is 18.2 Å². The number of carbonyl (C=O) groups is 1. The minimum atomic E-state index is -0.341. The van der Waals surface area contributed by atoms with Crippen molar-refractivity contribution < 1.29 is 9.53 Å². The second kappa shape index (κ2) is 4.65. The number of hydrogen-bond acceptors (Lipinski definition) is 4. The number of nitrogens with zero attached hydrogens (tertiary/aromatic N) is 3. The fourth-order valence-corrected chi connectivity index (χ4v) is 1.28. The molecule has 2 rings (SSSR count). The van der Waals surface area contributed by atoms with E-state index in [0.29, 0.717) is 11.3 Å². The van der Waals surface area contributed by atoms with E-state index in [4.69, 9.17) is 4.74 Å². The number of rotatable bonds is 3. The van der Waals surface area contributed by atoms with Crippen LogP contribution in [0.3, 0.4) is 0 Å². The molecule has 0 aliphatic heterocycles. The second-order valence-electron chi connectivity index (χ2n) is 3.35. The van der Waals surface area contributed by atoms with Crippen molar-refractivity contribution in [3.8, 4) is 5.75 Å². The molecule has 2 aromatic rings. The number of hydrogen-bond donors (Lipinski definition) is 0. The first kappa shape index (κ1) is 10.5. The molecular formula is C9H9B2N3O2. The van der Waals surface area contributed by atoms with Crippen molar-refractivity contribution in [3.05, 3.63) is 36.5 Å². The SMILES string of the molecule is Bn1cc(BC(=O)Oc2ccccc2)nn1. The Bertz CT molecular complexity index is 487. The van der Waals surface area contributed by atoms with E-state index in [0.717, 1.165) is 0 Å². The van der Waals surface area contributed by atoms with Gasteiger partial charge in [0.15, 0.2) is 0 Å². The van der Waals surface area contributed by atoms with Crippen molar-refractivity contribution >= 4 is 26.7 Å². The zero-order valence-electron chi connectivity index (χ0n) is 8.83. The molecule has 0 atom stereocenters. The molecular weight excluding hydrogens is 204 g/mol. The standard InChI is InChI=1S/C9H9B2N3O2/c10-14-6-8(12-13-14)11-9(15)16-7-4-2-1-3-5-7/h1-6,11H,10H2. The van der Waals surface area contributed by atoms with Crippen molar-refractivity contribution in [1.82, 2.24) is 14.9 Å². The first-order valence-corrected chi connectivity index (χ1v) is 4.85. The van der Waals surface area contributed by atoms with Gasteiger partial charge < -0.3 is 9.33 Å². The van der Waals surface area contributed by atoms with Crippen LogP contribution in [0.4, 0.5) is 4.79 Å². The summed E-state index contributed by atoms with van der Waals surface area (Å²) in [6.07, 6.45) is 1.69. The molecule has 0 amide bonds. The Morgan fingerprint density at radius 2 is 2.12 bits per heavy atom. The molecule has 0 unspecified atom stereocenters. The van der Waals surface area contributed by atoms with Crippen molar-refractivity contribution in [2.24, 2.45) is 0 Å². The van der Waals surface area contributed by atoms with Gasteiger partial charge in [0.2, 0.25) is 0 Å². The van der Waals surface area contributed by atoms with Gasteiger partial charge >= 0.3 is 7.28 Å². The Kier molecular flexibility index (Phi) is 3.05. The molecule has 0 bridgehead atoms. The van der Waals surface area contributed by atoms with Crippen LogP contribution in [0.1, 0.15) is 0 Å². The van der Waals surface area contributed by atoms with Crippen LogP contribution < -0.4 is 10.3 Å². The summed E-state index contributed by atoms with van der Waals surface area (Å²) >= 11 is 0. The lowest BCUT2D eigenvalue weighted by atomic mass is 9.75. The second-order valence-corrected chi connectivity index (χ2v) is 3.35. The predicted octanol–water partition coefficient (Wildman–Crippen LogP) is -1.06. The van der Waals surface area contributed by atoms with Crippen LogP contribution >= 0.6 is 0 Å². The van der Waals surface area contributed by atoms with Crippen molar-refractivity contribution in [1.29, 1.82) is 0 Å². The van der Waals surface area contributed by atoms with E-state index in [1.165, 1.54) is 0 Å². The summed E-state index contributed by atoms with van der Waals surface area (Å²) in [6, 6.07) is 8.94. The van der Waals surface area contributed by atoms with Crippen LogP contribution in [0, 0.1) is 0 Å². The molecule has 7 heteroatoms. The van der Waals surface area contributed by atoms with Gasteiger partial charge in [0, 0.05) is 6.20 Å². The Balaban J connectivity index is 1.95. The molecule has 0 N–H and O–H groups in total. The van der Waals surface area contributed by atoms with Gasteiger partial charge in [0.1, 0.15) is 5.75 Å². The maximum Gasteiger partial charge on any atom is 0.321 e. The molecule has 5 nitrogen and oxygen atoms in total. The molecule has 78 valence electrons. The van der Waals surface area contributed by atoms with Gasteiger partial charge in [-0.15, -0.1) is 5.10 Å². The summed E-state index contributed by atoms with van der Waals surface area (Å²) in [7, 11) is 1.88. The molecule has 1 aromatic carbocycles. The average molecular weight is 213 g/mol. The normalized spacial score (nSPS) is 9.75. The zero-order chi connectivity index (χ0) is 11.4. The highest BCUT2D eigenvalue weighted by Gasteiger charge is 2.11. The van der Waals surface area contributed by atoms with E-state index in [9.17, 15) is 4.79 Å². The predicted molar refractivity (Wildman–Crippen MR) is 63.2 cm³/mol. The quantitative estimate of drug-likeness (QED) is 0.609. The molecule has 0 saturated heterocycles. The summed E-state index contributed by atoms with van der Waals surface area (Å²) in [5, 5.41) is 7.55. The molecule has 0 aliphatic rings. The summed E-state index contributed by atoms with van der Waals surface area (Å²) in [5.74, 6) is 0.197. The van der Waals surface area contributed by atoms with Gasteiger partial charge in [-0.05, 0) is 12.1 Å². The zero-order valence-corrected chi connectivity index (χ0v) is 8.83. The summed E-state index contributed by atoms with van der Waals surface area (Å²) < 4.78 is 6.66. The lowest BCUT2D eigenvalue weighted by Crippen LogP contribution is -2.27. The largest absolute Gasteiger partial charge is 0.434 e. The monoisotopic (exact) mass is 213 g/mol. The van der Waals surface area contributed by atoms with Crippen LogP contribution in [0.25, 0.3) is 0 Å². The third-order valence-electron chi connectivity index (χ3n) is 1.95. The van der Waals surface area contributed by atoms with Crippen molar-refractivity contribution in [2.45, 2.75) is 0 Å². The fraction of sp³-hybridized carbons (Fsp3) is 0. The van der Waals surface area contributed by atoms with E-state index in [-0.39, 0.29) is 13.1 Å². The average Bonchev–Trinajstić information content (AvgIpc) is 2.65. The van der Waals surface area contributed by atoms with E-state index >= 15 is 0 Å². The smallest absolute Gasteiger partial charge is 0.321 e. The van der Waals surface area contributed by atoms with E-state index in [1.54, 1.807) is 30.9 Å². The third kappa shape index (κ3) is 2.73. The highest BCUT2D eigenvalue weighted by Crippen LogP contribution is 2.08. The van der Waals surface area contributed by atoms with Gasteiger partial charge in [-0.1, -0.05) is 23.4 Å². The number of ether oxygens (including phenoxy) is 1. The molecule has 0 saturated carbocycles. The molecule has 0 radical (unpaired) electrons. The van der Waals surface area contributed by atoms with E-state index in [2.05, 4.69) is 10.3 Å². The fourth-order valence-electron chi connectivity index (χ4n) is 1.28. The summed E-state index contributed by atoms with van der Waals surface area (Å²) in [5.41, 5.74) is 0.600. The Hall–Kier alpha value is -2.04. The van der Waals surface area contributed by atoms with E-state index < -0.39 is 0 Å². The molecule has 16 heavy (non-hydrogen) atoms. The summed E-state index contributed by atoms with van der Waals surface area (Å²) in [4.78, 5) is 11.5. The Labute approximate surface area is 94.1 Å². The maximum atomic E-state index is 11.5. The molecule has 1 aromatic heterocycles. The van der Waals surface area contributed by atoms with Crippen LogP contribution in [0.5, 0.6) is 5.75 Å². The Morgan fingerprint density at radius 3 is 2.75 bits per heavy atom. The summed E-state index contributed by atoms with van der Waals surface area (Å²) in [6.45, 7) is 0. The molecule has 0 fully saturated rings. The maximum absolute atomic E-state index is 11.5. The topological polar surface area (TPSA) is 57.0 Å². The first-order chi connectivity index (χ1) is 7.74. The highest BCUT2D eigenvalue weighted by atomic mass is 16.5.